The fourth-order valence-electron chi connectivity index (χ4n) is 3.68. The molecule has 7 heteroatoms. The zero-order valence-electron chi connectivity index (χ0n) is 17.5. The van der Waals surface area contributed by atoms with E-state index in [1.54, 1.807) is 48.7 Å². The molecule has 1 amide bonds. The summed E-state index contributed by atoms with van der Waals surface area (Å²) in [6.45, 7) is 3.84. The zero-order chi connectivity index (χ0) is 22.8. The molecule has 162 valence electrons. The Bertz CT molecular complexity index is 1190. The van der Waals surface area contributed by atoms with E-state index in [0.29, 0.717) is 22.7 Å². The number of Topliss-reactive ketones (excluding diaryl/α,β-unsaturated/α-hetero) is 1. The molecule has 1 N–H and O–H groups in total. The molecule has 2 aromatic carbocycles. The van der Waals surface area contributed by atoms with Crippen molar-refractivity contribution < 1.29 is 19.4 Å². The van der Waals surface area contributed by atoms with E-state index in [0.717, 1.165) is 4.47 Å². The van der Waals surface area contributed by atoms with Crippen LogP contribution >= 0.6 is 15.9 Å². The standard InChI is InChI=1S/C25H21BrN2O4/c1-15(2)32-19-11-9-16(10-12-19)23(29)21-22(17-6-5-7-18(26)14-17)28(25(31)24(21)30)20-8-3-4-13-27-20/h3-15,22,29H,1-2H3/b23-21+/t22-/m0/s1. The number of benzene rings is 2. The second kappa shape index (κ2) is 8.96. The summed E-state index contributed by atoms with van der Waals surface area (Å²) >= 11 is 3.45. The highest BCUT2D eigenvalue weighted by molar-refractivity contribution is 9.10. The van der Waals surface area contributed by atoms with E-state index in [1.165, 1.54) is 4.90 Å². The maximum absolute atomic E-state index is 13.1. The molecule has 1 atom stereocenters. The minimum atomic E-state index is -0.825. The van der Waals surface area contributed by atoms with Crippen LogP contribution in [0.2, 0.25) is 0 Å². The van der Waals surface area contributed by atoms with Gasteiger partial charge in [-0.1, -0.05) is 34.1 Å². The number of aliphatic hydroxyl groups excluding tert-OH is 1. The monoisotopic (exact) mass is 492 g/mol. The van der Waals surface area contributed by atoms with Crippen LogP contribution in [0.15, 0.2) is 83.0 Å². The van der Waals surface area contributed by atoms with Gasteiger partial charge >= 0.3 is 5.91 Å². The van der Waals surface area contributed by atoms with Crippen molar-refractivity contribution in [2.45, 2.75) is 26.0 Å². The quantitative estimate of drug-likeness (QED) is 0.298. The maximum atomic E-state index is 13.1. The lowest BCUT2D eigenvalue weighted by Crippen LogP contribution is -2.30. The summed E-state index contributed by atoms with van der Waals surface area (Å²) in [5.41, 5.74) is 1.10. The van der Waals surface area contributed by atoms with E-state index in [4.69, 9.17) is 4.74 Å². The summed E-state index contributed by atoms with van der Waals surface area (Å²) in [5, 5.41) is 11.2. The van der Waals surface area contributed by atoms with Gasteiger partial charge in [0, 0.05) is 16.2 Å². The Morgan fingerprint density at radius 3 is 2.44 bits per heavy atom. The number of hydrogen-bond donors (Lipinski definition) is 1. The lowest BCUT2D eigenvalue weighted by molar-refractivity contribution is -0.132. The molecule has 0 aliphatic carbocycles. The van der Waals surface area contributed by atoms with Gasteiger partial charge in [-0.25, -0.2) is 4.98 Å². The third-order valence-corrected chi connectivity index (χ3v) is 5.50. The normalized spacial score (nSPS) is 17.8. The van der Waals surface area contributed by atoms with E-state index in [2.05, 4.69) is 20.9 Å². The first-order valence-electron chi connectivity index (χ1n) is 10.1. The number of ketones is 1. The first-order valence-corrected chi connectivity index (χ1v) is 10.9. The molecule has 4 rings (SSSR count). The molecule has 1 aromatic heterocycles. The van der Waals surface area contributed by atoms with Crippen molar-refractivity contribution in [3.05, 3.63) is 94.1 Å². The van der Waals surface area contributed by atoms with Crippen LogP contribution in [0.1, 0.15) is 31.0 Å². The van der Waals surface area contributed by atoms with E-state index in [9.17, 15) is 14.7 Å². The Labute approximate surface area is 194 Å². The molecule has 0 radical (unpaired) electrons. The van der Waals surface area contributed by atoms with Gasteiger partial charge in [-0.15, -0.1) is 0 Å². The van der Waals surface area contributed by atoms with E-state index >= 15 is 0 Å². The van der Waals surface area contributed by atoms with Crippen LogP contribution in [0.25, 0.3) is 5.76 Å². The summed E-state index contributed by atoms with van der Waals surface area (Å²) < 4.78 is 6.44. The van der Waals surface area contributed by atoms with Crippen LogP contribution in [0.4, 0.5) is 5.82 Å². The Kier molecular flexibility index (Phi) is 6.10. The number of nitrogens with zero attached hydrogens (tertiary/aromatic N) is 2. The van der Waals surface area contributed by atoms with Crippen molar-refractivity contribution in [1.82, 2.24) is 4.98 Å². The third kappa shape index (κ3) is 4.16. The first-order chi connectivity index (χ1) is 15.4. The van der Waals surface area contributed by atoms with Crippen molar-refractivity contribution in [3.63, 3.8) is 0 Å². The van der Waals surface area contributed by atoms with Crippen molar-refractivity contribution in [1.29, 1.82) is 0 Å². The van der Waals surface area contributed by atoms with Crippen molar-refractivity contribution in [3.8, 4) is 5.75 Å². The molecule has 1 fully saturated rings. The number of ether oxygens (including phenoxy) is 1. The van der Waals surface area contributed by atoms with Gasteiger partial charge in [-0.2, -0.15) is 0 Å². The molecule has 1 aliphatic heterocycles. The number of anilines is 1. The second-order valence-corrected chi connectivity index (χ2v) is 8.52. The Hall–Kier alpha value is -3.45. The average molecular weight is 493 g/mol. The van der Waals surface area contributed by atoms with E-state index < -0.39 is 17.7 Å². The Morgan fingerprint density at radius 2 is 1.81 bits per heavy atom. The minimum absolute atomic E-state index is 0.00895. The van der Waals surface area contributed by atoms with Gasteiger partial charge < -0.3 is 9.84 Å². The van der Waals surface area contributed by atoms with Gasteiger partial charge in [-0.3, -0.25) is 14.5 Å². The fourth-order valence-corrected chi connectivity index (χ4v) is 4.09. The third-order valence-electron chi connectivity index (χ3n) is 5.00. The second-order valence-electron chi connectivity index (χ2n) is 7.60. The topological polar surface area (TPSA) is 79.7 Å². The van der Waals surface area contributed by atoms with Crippen LogP contribution in [0, 0.1) is 0 Å². The number of halogens is 1. The van der Waals surface area contributed by atoms with Crippen molar-refractivity contribution in [2.75, 3.05) is 4.90 Å². The molecular formula is C25H21BrN2O4. The lowest BCUT2D eigenvalue weighted by atomic mass is 9.95. The molecule has 6 nitrogen and oxygen atoms in total. The predicted molar refractivity (Wildman–Crippen MR) is 125 cm³/mol. The SMILES string of the molecule is CC(C)Oc1ccc(/C(O)=C2\C(=O)C(=O)N(c3ccccn3)[C@H]2c2cccc(Br)c2)cc1. The molecule has 0 unspecified atom stereocenters. The molecule has 3 aromatic rings. The fraction of sp³-hybridized carbons (Fsp3) is 0.160. The molecular weight excluding hydrogens is 472 g/mol. The number of hydrogen-bond acceptors (Lipinski definition) is 5. The average Bonchev–Trinajstić information content (AvgIpc) is 3.05. The number of carbonyl (C=O) groups is 2. The minimum Gasteiger partial charge on any atom is -0.507 e. The number of aromatic nitrogens is 1. The number of rotatable bonds is 5. The molecule has 2 heterocycles. The van der Waals surface area contributed by atoms with Crippen LogP contribution < -0.4 is 9.64 Å². The summed E-state index contributed by atoms with van der Waals surface area (Å²) in [7, 11) is 0. The molecule has 0 saturated carbocycles. The Balaban J connectivity index is 1.86. The highest BCUT2D eigenvalue weighted by Crippen LogP contribution is 2.42. The van der Waals surface area contributed by atoms with Crippen LogP contribution in [-0.2, 0) is 9.59 Å². The van der Waals surface area contributed by atoms with Crippen LogP contribution in [-0.4, -0.2) is 27.9 Å². The van der Waals surface area contributed by atoms with Gasteiger partial charge in [0.2, 0.25) is 0 Å². The molecule has 32 heavy (non-hydrogen) atoms. The van der Waals surface area contributed by atoms with Gasteiger partial charge in [0.15, 0.2) is 0 Å². The van der Waals surface area contributed by atoms with Crippen molar-refractivity contribution in [2.24, 2.45) is 0 Å². The maximum Gasteiger partial charge on any atom is 0.301 e. The lowest BCUT2D eigenvalue weighted by Gasteiger charge is -2.24. The van der Waals surface area contributed by atoms with E-state index in [-0.39, 0.29) is 17.4 Å². The molecule has 0 bridgehead atoms. The smallest absolute Gasteiger partial charge is 0.301 e. The molecule has 1 aliphatic rings. The van der Waals surface area contributed by atoms with Crippen LogP contribution in [0.3, 0.4) is 0 Å². The molecule has 1 saturated heterocycles. The highest BCUT2D eigenvalue weighted by Gasteiger charge is 2.47. The zero-order valence-corrected chi connectivity index (χ0v) is 19.1. The number of amides is 1. The number of aliphatic hydroxyl groups is 1. The predicted octanol–water partition coefficient (Wildman–Crippen LogP) is 5.26. The van der Waals surface area contributed by atoms with Gasteiger partial charge in [-0.05, 0) is 67.9 Å². The summed E-state index contributed by atoms with van der Waals surface area (Å²) in [6.07, 6.45) is 1.56. The Morgan fingerprint density at radius 1 is 1.06 bits per heavy atom. The largest absolute Gasteiger partial charge is 0.507 e. The summed E-state index contributed by atoms with van der Waals surface area (Å²) in [5.74, 6) is -0.771. The molecule has 0 spiro atoms. The van der Waals surface area contributed by atoms with Crippen LogP contribution in [0.5, 0.6) is 5.75 Å². The number of pyridine rings is 1. The van der Waals surface area contributed by atoms with E-state index in [1.807, 2.05) is 38.1 Å². The highest BCUT2D eigenvalue weighted by atomic mass is 79.9. The van der Waals surface area contributed by atoms with Gasteiger partial charge in [0.1, 0.15) is 17.3 Å². The first kappa shape index (κ1) is 21.8. The summed E-state index contributed by atoms with van der Waals surface area (Å²) in [4.78, 5) is 31.8. The van der Waals surface area contributed by atoms with Gasteiger partial charge in [0.05, 0.1) is 17.7 Å². The van der Waals surface area contributed by atoms with Crippen molar-refractivity contribution >= 4 is 39.2 Å². The number of carbonyl (C=O) groups excluding carboxylic acids is 2. The van der Waals surface area contributed by atoms with Gasteiger partial charge in [0.25, 0.3) is 5.78 Å². The summed E-state index contributed by atoms with van der Waals surface area (Å²) in [6, 6.07) is 18.4.